The fraction of sp³-hybridized carbons (Fsp3) is 0.0909. The van der Waals surface area contributed by atoms with Crippen molar-refractivity contribution in [1.82, 2.24) is 4.57 Å². The minimum Gasteiger partial charge on any atom is -0.458 e. The van der Waals surface area contributed by atoms with Gasteiger partial charge in [-0.25, -0.2) is 0 Å². The molecule has 0 unspecified atom stereocenters. The molecule has 1 aromatic heterocycles. The van der Waals surface area contributed by atoms with Crippen molar-refractivity contribution in [2.75, 3.05) is 0 Å². The van der Waals surface area contributed by atoms with Crippen molar-refractivity contribution in [3.63, 3.8) is 0 Å². The molecular formula is C33H26BNO. The molecule has 2 nitrogen and oxygen atoms in total. The van der Waals surface area contributed by atoms with Crippen LogP contribution < -0.4 is 21.1 Å². The van der Waals surface area contributed by atoms with Crippen LogP contribution in [0.4, 0.5) is 0 Å². The number of rotatable bonds is 3. The molecule has 5 aromatic carbocycles. The summed E-state index contributed by atoms with van der Waals surface area (Å²) in [5.41, 5.74) is 8.53. The van der Waals surface area contributed by atoms with Crippen molar-refractivity contribution in [3.8, 4) is 17.2 Å². The molecule has 0 aliphatic carbocycles. The van der Waals surface area contributed by atoms with Gasteiger partial charge in [0.15, 0.2) is 0 Å². The molecule has 36 heavy (non-hydrogen) atoms. The lowest BCUT2D eigenvalue weighted by atomic mass is 9.36. The molecule has 0 atom stereocenters. The molecule has 172 valence electrons. The summed E-state index contributed by atoms with van der Waals surface area (Å²) >= 11 is 0. The fourth-order valence-corrected chi connectivity index (χ4v) is 5.72. The van der Waals surface area contributed by atoms with Crippen LogP contribution in [0, 0.1) is 0 Å². The van der Waals surface area contributed by atoms with Crippen LogP contribution in [0.25, 0.3) is 27.5 Å². The zero-order valence-corrected chi connectivity index (χ0v) is 20.5. The molecule has 0 N–H and O–H groups in total. The van der Waals surface area contributed by atoms with Gasteiger partial charge >= 0.3 is 0 Å². The van der Waals surface area contributed by atoms with Crippen LogP contribution in [0.1, 0.15) is 25.3 Å². The van der Waals surface area contributed by atoms with Gasteiger partial charge in [0.05, 0.1) is 11.0 Å². The van der Waals surface area contributed by atoms with E-state index in [1.54, 1.807) is 0 Å². The molecule has 1 aliphatic heterocycles. The molecule has 3 heteroatoms. The molecule has 0 saturated heterocycles. The molecule has 0 bridgehead atoms. The van der Waals surface area contributed by atoms with E-state index in [1.807, 2.05) is 0 Å². The number of fused-ring (bicyclic) bond motifs is 5. The van der Waals surface area contributed by atoms with Crippen LogP contribution in [0.5, 0.6) is 11.5 Å². The molecular weight excluding hydrogens is 437 g/mol. The van der Waals surface area contributed by atoms with Gasteiger partial charge in [0.2, 0.25) is 0 Å². The Morgan fingerprint density at radius 1 is 0.611 bits per heavy atom. The molecule has 0 amide bonds. The molecule has 1 aliphatic rings. The van der Waals surface area contributed by atoms with E-state index in [0.29, 0.717) is 5.92 Å². The van der Waals surface area contributed by atoms with Crippen molar-refractivity contribution in [2.45, 2.75) is 19.8 Å². The first-order valence-electron chi connectivity index (χ1n) is 12.7. The monoisotopic (exact) mass is 463 g/mol. The van der Waals surface area contributed by atoms with Crippen LogP contribution in [-0.4, -0.2) is 11.3 Å². The predicted molar refractivity (Wildman–Crippen MR) is 152 cm³/mol. The van der Waals surface area contributed by atoms with Gasteiger partial charge < -0.3 is 9.30 Å². The summed E-state index contributed by atoms with van der Waals surface area (Å²) in [6.07, 6.45) is 0. The number of hydrogen-bond donors (Lipinski definition) is 0. The van der Waals surface area contributed by atoms with Gasteiger partial charge in [0.1, 0.15) is 11.5 Å². The highest BCUT2D eigenvalue weighted by atomic mass is 16.5. The standard InChI is InChI=1S/C33H26BNO/c1-22(2)23-16-18-28-32(20-23)36-33-21-25(17-19-29(33)34(28)24-10-4-3-5-11-24)35-30-14-8-6-12-26(30)27-13-7-9-15-31(27)35/h3-22H,1-2H3. The van der Waals surface area contributed by atoms with E-state index in [1.165, 1.54) is 43.8 Å². The maximum Gasteiger partial charge on any atom is 0.250 e. The summed E-state index contributed by atoms with van der Waals surface area (Å²) in [5.74, 6) is 2.33. The van der Waals surface area contributed by atoms with Crippen molar-refractivity contribution in [1.29, 1.82) is 0 Å². The SMILES string of the molecule is CC(C)c1ccc2c(c1)Oc1cc(-n3c4ccccc4c4ccccc43)ccc1B2c1ccccc1. The Bertz CT molecular complexity index is 1700. The van der Waals surface area contributed by atoms with E-state index < -0.39 is 0 Å². The van der Waals surface area contributed by atoms with Crippen LogP contribution in [0.3, 0.4) is 0 Å². The lowest BCUT2D eigenvalue weighted by Gasteiger charge is -2.28. The maximum atomic E-state index is 6.67. The molecule has 0 spiro atoms. The van der Waals surface area contributed by atoms with Crippen LogP contribution in [-0.2, 0) is 0 Å². The van der Waals surface area contributed by atoms with Crippen LogP contribution in [0.15, 0.2) is 115 Å². The molecule has 7 rings (SSSR count). The van der Waals surface area contributed by atoms with Gasteiger partial charge in [-0.05, 0) is 46.7 Å². The minimum absolute atomic E-state index is 0.137. The Morgan fingerprint density at radius 2 is 1.19 bits per heavy atom. The molecule has 0 radical (unpaired) electrons. The Kier molecular flexibility index (Phi) is 4.78. The largest absolute Gasteiger partial charge is 0.458 e. The third-order valence-electron chi connectivity index (χ3n) is 7.51. The minimum atomic E-state index is 0.137. The van der Waals surface area contributed by atoms with Gasteiger partial charge in [-0.2, -0.15) is 0 Å². The zero-order valence-electron chi connectivity index (χ0n) is 20.5. The van der Waals surface area contributed by atoms with E-state index in [-0.39, 0.29) is 6.71 Å². The van der Waals surface area contributed by atoms with E-state index in [4.69, 9.17) is 4.74 Å². The summed E-state index contributed by atoms with van der Waals surface area (Å²) in [6, 6.07) is 41.5. The summed E-state index contributed by atoms with van der Waals surface area (Å²) in [4.78, 5) is 0. The first-order chi connectivity index (χ1) is 17.7. The predicted octanol–water partition coefficient (Wildman–Crippen LogP) is 6.53. The highest BCUT2D eigenvalue weighted by Gasteiger charge is 2.33. The summed E-state index contributed by atoms with van der Waals surface area (Å²) in [6.45, 7) is 4.60. The molecule has 0 saturated carbocycles. The van der Waals surface area contributed by atoms with Crippen molar-refractivity contribution in [3.05, 3.63) is 121 Å². The van der Waals surface area contributed by atoms with Crippen LogP contribution >= 0.6 is 0 Å². The van der Waals surface area contributed by atoms with Gasteiger partial charge in [0.25, 0.3) is 6.71 Å². The van der Waals surface area contributed by atoms with E-state index in [2.05, 4.69) is 134 Å². The lowest BCUT2D eigenvalue weighted by molar-refractivity contribution is 0.486. The molecule has 2 heterocycles. The second-order valence-electron chi connectivity index (χ2n) is 9.99. The van der Waals surface area contributed by atoms with E-state index in [9.17, 15) is 0 Å². The Labute approximate surface area is 211 Å². The Hall–Kier alpha value is -4.24. The fourth-order valence-electron chi connectivity index (χ4n) is 5.72. The Balaban J connectivity index is 1.46. The first-order valence-corrected chi connectivity index (χ1v) is 12.7. The number of para-hydroxylation sites is 2. The molecule has 0 fully saturated rings. The van der Waals surface area contributed by atoms with Crippen molar-refractivity contribution < 1.29 is 4.74 Å². The third-order valence-corrected chi connectivity index (χ3v) is 7.51. The highest BCUT2D eigenvalue weighted by molar-refractivity contribution is 6.96. The van der Waals surface area contributed by atoms with Gasteiger partial charge in [-0.1, -0.05) is 104 Å². The topological polar surface area (TPSA) is 14.2 Å². The average Bonchev–Trinajstić information content (AvgIpc) is 3.26. The maximum absolute atomic E-state index is 6.67. The Morgan fingerprint density at radius 3 is 1.86 bits per heavy atom. The number of aromatic nitrogens is 1. The van der Waals surface area contributed by atoms with Crippen molar-refractivity contribution >= 4 is 44.9 Å². The normalized spacial score (nSPS) is 12.6. The zero-order chi connectivity index (χ0) is 24.2. The average molecular weight is 463 g/mol. The van der Waals surface area contributed by atoms with Crippen LogP contribution in [0.2, 0.25) is 0 Å². The third kappa shape index (κ3) is 3.20. The smallest absolute Gasteiger partial charge is 0.250 e. The van der Waals surface area contributed by atoms with Crippen molar-refractivity contribution in [2.24, 2.45) is 0 Å². The van der Waals surface area contributed by atoms with E-state index >= 15 is 0 Å². The molecule has 6 aromatic rings. The number of nitrogens with zero attached hydrogens (tertiary/aromatic N) is 1. The second-order valence-corrected chi connectivity index (χ2v) is 9.99. The first kappa shape index (κ1) is 21.1. The highest BCUT2D eigenvalue weighted by Crippen LogP contribution is 2.34. The van der Waals surface area contributed by atoms with Gasteiger partial charge in [0, 0.05) is 22.5 Å². The summed E-state index contributed by atoms with van der Waals surface area (Å²) in [7, 11) is 0. The quantitative estimate of drug-likeness (QED) is 0.272. The van der Waals surface area contributed by atoms with Gasteiger partial charge in [-0.15, -0.1) is 0 Å². The summed E-state index contributed by atoms with van der Waals surface area (Å²) in [5, 5.41) is 2.53. The van der Waals surface area contributed by atoms with Gasteiger partial charge in [-0.3, -0.25) is 0 Å². The number of hydrogen-bond acceptors (Lipinski definition) is 1. The number of ether oxygens (including phenoxy) is 1. The summed E-state index contributed by atoms with van der Waals surface area (Å²) < 4.78 is 9.02. The number of benzene rings is 5. The second kappa shape index (κ2) is 8.17. The van der Waals surface area contributed by atoms with E-state index in [0.717, 1.165) is 17.2 Å². The lowest BCUT2D eigenvalue weighted by Crippen LogP contribution is -2.54.